The molecule has 0 unspecified atom stereocenters. The molecule has 1 amide bonds. The van der Waals surface area contributed by atoms with Gasteiger partial charge in [0, 0.05) is 10.7 Å². The molecular weight excluding hydrogens is 490 g/mol. The highest BCUT2D eigenvalue weighted by Crippen LogP contribution is 2.76. The third-order valence-electron chi connectivity index (χ3n) is 4.60. The standard InChI is InChI=1S/C15H8Cl7NO3/c16-5-1-3-6(4-2-5)23-11(24)7-8(12(25)26)14(20)10(18)9(17)13(7,19)15(14,21)22/h1-4,7-8H,(H,23,24)(H,25,26)/t7-,8-,13+,14+/m0/s1. The van der Waals surface area contributed by atoms with Crippen LogP contribution in [0.5, 0.6) is 0 Å². The number of allylic oxidation sites excluding steroid dienone is 2. The molecular formula is C15H8Cl7NO3. The number of hydrogen-bond donors (Lipinski definition) is 2. The van der Waals surface area contributed by atoms with Crippen molar-refractivity contribution in [2.45, 2.75) is 14.1 Å². The molecule has 1 fully saturated rings. The summed E-state index contributed by atoms with van der Waals surface area (Å²) in [5, 5.41) is 12.2. The van der Waals surface area contributed by atoms with Crippen LogP contribution in [0.15, 0.2) is 34.3 Å². The van der Waals surface area contributed by atoms with Crippen molar-refractivity contribution in [1.29, 1.82) is 0 Å². The molecule has 0 radical (unpaired) electrons. The van der Waals surface area contributed by atoms with Gasteiger partial charge in [-0.3, -0.25) is 9.59 Å². The largest absolute Gasteiger partial charge is 0.481 e. The van der Waals surface area contributed by atoms with E-state index in [1.807, 2.05) is 0 Å². The topological polar surface area (TPSA) is 66.4 Å². The Labute approximate surface area is 183 Å². The maximum Gasteiger partial charge on any atom is 0.309 e. The first-order valence-electron chi connectivity index (χ1n) is 7.01. The van der Waals surface area contributed by atoms with Crippen molar-refractivity contribution in [2.75, 3.05) is 5.32 Å². The minimum Gasteiger partial charge on any atom is -0.481 e. The van der Waals surface area contributed by atoms with Gasteiger partial charge in [0.05, 0.1) is 21.9 Å². The van der Waals surface area contributed by atoms with Gasteiger partial charge in [-0.2, -0.15) is 0 Å². The van der Waals surface area contributed by atoms with E-state index in [1.54, 1.807) is 12.1 Å². The van der Waals surface area contributed by atoms with E-state index in [1.165, 1.54) is 12.1 Å². The second-order valence-corrected chi connectivity index (χ2v) is 9.63. The van der Waals surface area contributed by atoms with E-state index in [9.17, 15) is 14.7 Å². The van der Waals surface area contributed by atoms with E-state index in [-0.39, 0.29) is 10.1 Å². The Balaban J connectivity index is 2.10. The lowest BCUT2D eigenvalue weighted by Gasteiger charge is -2.33. The number of hydrogen-bond acceptors (Lipinski definition) is 2. The summed E-state index contributed by atoms with van der Waals surface area (Å²) in [4.78, 5) is 20.7. The van der Waals surface area contributed by atoms with Crippen molar-refractivity contribution in [3.05, 3.63) is 39.4 Å². The Morgan fingerprint density at radius 2 is 1.35 bits per heavy atom. The number of carboxylic acids is 1. The third-order valence-corrected chi connectivity index (χ3v) is 9.11. The number of carbonyl (C=O) groups excluding carboxylic acids is 1. The molecule has 2 N–H and O–H groups in total. The number of aliphatic carboxylic acids is 1. The average Bonchev–Trinajstić information content (AvgIpc) is 2.77. The first kappa shape index (κ1) is 20.7. The van der Waals surface area contributed by atoms with E-state index >= 15 is 0 Å². The lowest BCUT2D eigenvalue weighted by molar-refractivity contribution is -0.146. The Bertz CT molecular complexity index is 840. The predicted molar refractivity (Wildman–Crippen MR) is 105 cm³/mol. The Kier molecular flexibility index (Phi) is 5.15. The number of halogens is 7. The summed E-state index contributed by atoms with van der Waals surface area (Å²) >= 11 is 43.8. The molecule has 1 aromatic rings. The van der Waals surface area contributed by atoms with Crippen molar-refractivity contribution in [2.24, 2.45) is 11.8 Å². The predicted octanol–water partition coefficient (Wildman–Crippen LogP) is 5.44. The highest BCUT2D eigenvalue weighted by Gasteiger charge is 2.85. The summed E-state index contributed by atoms with van der Waals surface area (Å²) in [5.74, 6) is -5.31. The van der Waals surface area contributed by atoms with Crippen molar-refractivity contribution < 1.29 is 14.7 Å². The maximum absolute atomic E-state index is 12.9. The fourth-order valence-electron chi connectivity index (χ4n) is 3.38. The number of benzene rings is 1. The number of carboxylic acid groups (broad SMARTS) is 1. The van der Waals surface area contributed by atoms with Gasteiger partial charge in [-0.25, -0.2) is 0 Å². The fourth-order valence-corrected chi connectivity index (χ4v) is 6.44. The zero-order chi connectivity index (χ0) is 19.7. The molecule has 4 nitrogen and oxygen atoms in total. The minimum absolute atomic E-state index is 0.255. The van der Waals surface area contributed by atoms with Crippen LogP contribution >= 0.6 is 81.2 Å². The van der Waals surface area contributed by atoms with Crippen LogP contribution in [0.1, 0.15) is 0 Å². The smallest absolute Gasteiger partial charge is 0.309 e. The normalized spacial score (nSPS) is 34.9. The molecule has 11 heteroatoms. The molecule has 0 saturated heterocycles. The van der Waals surface area contributed by atoms with Gasteiger partial charge >= 0.3 is 5.97 Å². The Morgan fingerprint density at radius 3 is 1.81 bits per heavy atom. The van der Waals surface area contributed by atoms with Crippen LogP contribution in [0.3, 0.4) is 0 Å². The Morgan fingerprint density at radius 1 is 0.885 bits per heavy atom. The fraction of sp³-hybridized carbons (Fsp3) is 0.333. The van der Waals surface area contributed by atoms with Crippen molar-refractivity contribution in [1.82, 2.24) is 0 Å². The summed E-state index contributed by atoms with van der Waals surface area (Å²) in [6, 6.07) is 6.14. The van der Waals surface area contributed by atoms with E-state index in [4.69, 9.17) is 81.2 Å². The van der Waals surface area contributed by atoms with Crippen LogP contribution in [-0.2, 0) is 9.59 Å². The van der Waals surface area contributed by atoms with Crippen LogP contribution in [-0.4, -0.2) is 31.1 Å². The Hall–Kier alpha value is -0.0700. The number of alkyl halides is 4. The molecule has 0 spiro atoms. The second kappa shape index (κ2) is 6.48. The van der Waals surface area contributed by atoms with E-state index in [0.717, 1.165) is 0 Å². The quantitative estimate of drug-likeness (QED) is 0.546. The molecule has 2 aliphatic carbocycles. The van der Waals surface area contributed by atoms with Crippen LogP contribution < -0.4 is 5.32 Å². The number of fused-ring (bicyclic) bond motifs is 2. The van der Waals surface area contributed by atoms with Gasteiger partial charge in [0.15, 0.2) is 4.33 Å². The number of amides is 1. The molecule has 3 rings (SSSR count). The zero-order valence-electron chi connectivity index (χ0n) is 12.4. The van der Waals surface area contributed by atoms with Crippen molar-refractivity contribution >= 4 is 98.8 Å². The maximum atomic E-state index is 12.9. The van der Waals surface area contributed by atoms with Gasteiger partial charge < -0.3 is 10.4 Å². The molecule has 2 bridgehead atoms. The zero-order valence-corrected chi connectivity index (χ0v) is 17.7. The van der Waals surface area contributed by atoms with Crippen LogP contribution in [0.25, 0.3) is 0 Å². The lowest BCUT2D eigenvalue weighted by Crippen LogP contribution is -2.47. The van der Waals surface area contributed by atoms with Gasteiger partial charge in [-0.05, 0) is 24.3 Å². The van der Waals surface area contributed by atoms with Gasteiger partial charge in [0.2, 0.25) is 5.91 Å². The summed E-state index contributed by atoms with van der Waals surface area (Å²) in [6.45, 7) is 0. The molecule has 0 heterocycles. The lowest BCUT2D eigenvalue weighted by atomic mass is 9.81. The third kappa shape index (κ3) is 2.43. The van der Waals surface area contributed by atoms with Crippen molar-refractivity contribution in [3.8, 4) is 0 Å². The monoisotopic (exact) mass is 495 g/mol. The molecule has 140 valence electrons. The van der Waals surface area contributed by atoms with Crippen LogP contribution in [0.2, 0.25) is 5.02 Å². The number of nitrogens with one attached hydrogen (secondary N) is 1. The minimum atomic E-state index is -2.14. The van der Waals surface area contributed by atoms with E-state index < -0.39 is 37.8 Å². The molecule has 2 aliphatic rings. The molecule has 26 heavy (non-hydrogen) atoms. The summed E-state index contributed by atoms with van der Waals surface area (Å²) in [6.07, 6.45) is 0. The van der Waals surface area contributed by atoms with E-state index in [2.05, 4.69) is 5.32 Å². The van der Waals surface area contributed by atoms with Crippen LogP contribution in [0.4, 0.5) is 5.69 Å². The van der Waals surface area contributed by atoms with Gasteiger partial charge in [-0.15, -0.1) is 23.2 Å². The highest BCUT2D eigenvalue weighted by atomic mass is 35.5. The summed E-state index contributed by atoms with van der Waals surface area (Å²) in [5.41, 5.74) is 0.358. The van der Waals surface area contributed by atoms with Gasteiger partial charge in [0.25, 0.3) is 0 Å². The highest BCUT2D eigenvalue weighted by molar-refractivity contribution is 6.66. The molecule has 0 aliphatic heterocycles. The molecule has 1 aromatic carbocycles. The first-order valence-corrected chi connectivity index (χ1v) is 9.66. The van der Waals surface area contributed by atoms with Crippen LogP contribution in [0, 0.1) is 11.8 Å². The van der Waals surface area contributed by atoms with Gasteiger partial charge in [0.1, 0.15) is 9.75 Å². The molecule has 1 saturated carbocycles. The average molecular weight is 498 g/mol. The van der Waals surface area contributed by atoms with Crippen molar-refractivity contribution in [3.63, 3.8) is 0 Å². The number of rotatable bonds is 3. The first-order chi connectivity index (χ1) is 11.9. The molecule has 0 aromatic heterocycles. The van der Waals surface area contributed by atoms with E-state index in [0.29, 0.717) is 10.7 Å². The number of anilines is 1. The number of carbonyl (C=O) groups is 2. The summed E-state index contributed by atoms with van der Waals surface area (Å²) in [7, 11) is 0. The SMILES string of the molecule is O=C(O)[C@@H]1[C@@H](C(=O)Nc2ccc(Cl)cc2)[C@@]2(Cl)C(Cl)=C(Cl)[C@@]1(Cl)C2(Cl)Cl. The second-order valence-electron chi connectivity index (χ2n) is 5.92. The summed E-state index contributed by atoms with van der Waals surface area (Å²) < 4.78 is -2.14. The van der Waals surface area contributed by atoms with Gasteiger partial charge in [-0.1, -0.05) is 58.0 Å². The molecule has 4 atom stereocenters.